The summed E-state index contributed by atoms with van der Waals surface area (Å²) in [6.07, 6.45) is 2.32. The van der Waals surface area contributed by atoms with E-state index in [9.17, 15) is 4.39 Å². The number of piperidine rings is 1. The Bertz CT molecular complexity index is 589. The maximum atomic E-state index is 13.1. The van der Waals surface area contributed by atoms with E-state index in [0.29, 0.717) is 18.4 Å². The van der Waals surface area contributed by atoms with Crippen molar-refractivity contribution in [3.8, 4) is 0 Å². The average molecular weight is 312 g/mol. The number of rotatable bonds is 5. The zero-order chi connectivity index (χ0) is 16.1. The molecular formula is C20H25FN2. The van der Waals surface area contributed by atoms with Gasteiger partial charge in [-0.3, -0.25) is 4.90 Å². The van der Waals surface area contributed by atoms with Crippen LogP contribution in [0.25, 0.3) is 0 Å². The molecule has 0 aromatic heterocycles. The SMILES string of the molecule is NCC(c1ccc(F)cc1)C1CCN(Cc2ccccc2)CC1. The molecule has 0 saturated carbocycles. The zero-order valence-electron chi connectivity index (χ0n) is 13.5. The third-order valence-corrected chi connectivity index (χ3v) is 5.00. The fraction of sp³-hybridized carbons (Fsp3) is 0.400. The predicted molar refractivity (Wildman–Crippen MR) is 92.6 cm³/mol. The summed E-state index contributed by atoms with van der Waals surface area (Å²) in [6.45, 7) is 3.88. The smallest absolute Gasteiger partial charge is 0.123 e. The number of likely N-dealkylation sites (tertiary alicyclic amines) is 1. The molecule has 1 aliphatic heterocycles. The Morgan fingerprint density at radius 3 is 2.26 bits per heavy atom. The number of benzene rings is 2. The largest absolute Gasteiger partial charge is 0.330 e. The molecule has 2 aromatic carbocycles. The van der Waals surface area contributed by atoms with Crippen LogP contribution in [0.15, 0.2) is 54.6 Å². The minimum Gasteiger partial charge on any atom is -0.330 e. The van der Waals surface area contributed by atoms with E-state index in [4.69, 9.17) is 5.73 Å². The first-order chi connectivity index (χ1) is 11.3. The molecule has 0 bridgehead atoms. The van der Waals surface area contributed by atoms with E-state index in [1.54, 1.807) is 12.1 Å². The molecule has 23 heavy (non-hydrogen) atoms. The Morgan fingerprint density at radius 2 is 1.65 bits per heavy atom. The van der Waals surface area contributed by atoms with Crippen LogP contribution < -0.4 is 5.73 Å². The van der Waals surface area contributed by atoms with E-state index >= 15 is 0 Å². The monoisotopic (exact) mass is 312 g/mol. The molecule has 3 rings (SSSR count). The second-order valence-corrected chi connectivity index (χ2v) is 6.49. The Hall–Kier alpha value is -1.71. The van der Waals surface area contributed by atoms with Crippen molar-refractivity contribution < 1.29 is 4.39 Å². The van der Waals surface area contributed by atoms with E-state index < -0.39 is 0 Å². The molecule has 1 fully saturated rings. The standard InChI is InChI=1S/C20H25FN2/c21-19-8-6-17(7-9-19)20(14-22)18-10-12-23(13-11-18)15-16-4-2-1-3-5-16/h1-9,18,20H,10-15,22H2. The van der Waals surface area contributed by atoms with Crippen LogP contribution in [-0.2, 0) is 6.54 Å². The van der Waals surface area contributed by atoms with Crippen LogP contribution in [0, 0.1) is 11.7 Å². The van der Waals surface area contributed by atoms with Gasteiger partial charge in [0.25, 0.3) is 0 Å². The van der Waals surface area contributed by atoms with Crippen LogP contribution in [0.3, 0.4) is 0 Å². The van der Waals surface area contributed by atoms with Crippen molar-refractivity contribution in [3.05, 3.63) is 71.5 Å². The highest BCUT2D eigenvalue weighted by Gasteiger charge is 2.26. The van der Waals surface area contributed by atoms with Gasteiger partial charge >= 0.3 is 0 Å². The molecule has 1 unspecified atom stereocenters. The van der Waals surface area contributed by atoms with Crippen LogP contribution in [0.1, 0.15) is 29.9 Å². The number of halogens is 1. The highest BCUT2D eigenvalue weighted by Crippen LogP contribution is 2.32. The Morgan fingerprint density at radius 1 is 1.00 bits per heavy atom. The van der Waals surface area contributed by atoms with Gasteiger partial charge in [0, 0.05) is 6.54 Å². The first-order valence-electron chi connectivity index (χ1n) is 8.48. The van der Waals surface area contributed by atoms with Crippen LogP contribution in [-0.4, -0.2) is 24.5 Å². The molecule has 0 radical (unpaired) electrons. The minimum absolute atomic E-state index is 0.179. The summed E-state index contributed by atoms with van der Waals surface area (Å²) in [4.78, 5) is 2.52. The summed E-state index contributed by atoms with van der Waals surface area (Å²) in [5.74, 6) is 0.758. The first-order valence-corrected chi connectivity index (χ1v) is 8.48. The normalized spacial score (nSPS) is 18.0. The highest BCUT2D eigenvalue weighted by molar-refractivity contribution is 5.22. The van der Waals surface area contributed by atoms with Crippen LogP contribution >= 0.6 is 0 Å². The van der Waals surface area contributed by atoms with Gasteiger partial charge in [-0.25, -0.2) is 4.39 Å². The van der Waals surface area contributed by atoms with Crippen molar-refractivity contribution in [2.45, 2.75) is 25.3 Å². The molecule has 2 nitrogen and oxygen atoms in total. The lowest BCUT2D eigenvalue weighted by Crippen LogP contribution is -2.36. The predicted octanol–water partition coefficient (Wildman–Crippen LogP) is 3.78. The van der Waals surface area contributed by atoms with Gasteiger partial charge in [-0.1, -0.05) is 42.5 Å². The fourth-order valence-electron chi connectivity index (χ4n) is 3.67. The maximum absolute atomic E-state index is 13.1. The molecule has 2 aromatic rings. The summed E-state index contributed by atoms with van der Waals surface area (Å²) < 4.78 is 13.1. The van der Waals surface area contributed by atoms with Crippen molar-refractivity contribution in [1.82, 2.24) is 4.90 Å². The van der Waals surface area contributed by atoms with E-state index in [0.717, 1.165) is 32.5 Å². The molecule has 1 aliphatic rings. The lowest BCUT2D eigenvalue weighted by atomic mass is 9.80. The summed E-state index contributed by atoms with van der Waals surface area (Å²) in [5, 5.41) is 0. The van der Waals surface area contributed by atoms with Crippen molar-refractivity contribution in [3.63, 3.8) is 0 Å². The molecule has 1 heterocycles. The first kappa shape index (κ1) is 16.2. The highest BCUT2D eigenvalue weighted by atomic mass is 19.1. The second-order valence-electron chi connectivity index (χ2n) is 6.49. The lowest BCUT2D eigenvalue weighted by Gasteiger charge is -2.36. The molecule has 0 spiro atoms. The topological polar surface area (TPSA) is 29.3 Å². The summed E-state index contributed by atoms with van der Waals surface area (Å²) in [7, 11) is 0. The molecule has 1 atom stereocenters. The Balaban J connectivity index is 1.58. The molecule has 0 aliphatic carbocycles. The average Bonchev–Trinajstić information content (AvgIpc) is 2.60. The number of hydrogen-bond acceptors (Lipinski definition) is 2. The van der Waals surface area contributed by atoms with Gasteiger partial charge in [-0.15, -0.1) is 0 Å². The number of hydrogen-bond donors (Lipinski definition) is 1. The van der Waals surface area contributed by atoms with Crippen LogP contribution in [0.2, 0.25) is 0 Å². The fourth-order valence-corrected chi connectivity index (χ4v) is 3.67. The van der Waals surface area contributed by atoms with Gasteiger partial charge in [-0.2, -0.15) is 0 Å². The van der Waals surface area contributed by atoms with Crippen molar-refractivity contribution in [1.29, 1.82) is 0 Å². The Labute approximate surface area is 138 Å². The molecular weight excluding hydrogens is 287 g/mol. The molecule has 2 N–H and O–H groups in total. The van der Waals surface area contributed by atoms with Gasteiger partial charge in [0.15, 0.2) is 0 Å². The van der Waals surface area contributed by atoms with E-state index in [1.165, 1.54) is 11.1 Å². The molecule has 122 valence electrons. The third kappa shape index (κ3) is 4.18. The van der Waals surface area contributed by atoms with E-state index in [-0.39, 0.29) is 5.82 Å². The minimum atomic E-state index is -0.179. The number of nitrogens with zero attached hydrogens (tertiary/aromatic N) is 1. The third-order valence-electron chi connectivity index (χ3n) is 5.00. The molecule has 1 saturated heterocycles. The van der Waals surface area contributed by atoms with Gasteiger partial charge in [0.1, 0.15) is 5.82 Å². The summed E-state index contributed by atoms with van der Waals surface area (Å²) >= 11 is 0. The van der Waals surface area contributed by atoms with Gasteiger partial charge in [0.05, 0.1) is 0 Å². The number of nitrogens with two attached hydrogens (primary N) is 1. The lowest BCUT2D eigenvalue weighted by molar-refractivity contribution is 0.162. The van der Waals surface area contributed by atoms with Crippen LogP contribution in [0.5, 0.6) is 0 Å². The Kier molecular flexibility index (Phi) is 5.42. The van der Waals surface area contributed by atoms with Crippen molar-refractivity contribution in [2.24, 2.45) is 11.7 Å². The van der Waals surface area contributed by atoms with Gasteiger partial charge in [-0.05, 0) is 67.6 Å². The van der Waals surface area contributed by atoms with Crippen LogP contribution in [0.4, 0.5) is 4.39 Å². The molecule has 3 heteroatoms. The van der Waals surface area contributed by atoms with E-state index in [2.05, 4.69) is 35.2 Å². The van der Waals surface area contributed by atoms with Gasteiger partial charge in [0.2, 0.25) is 0 Å². The van der Waals surface area contributed by atoms with Crippen molar-refractivity contribution in [2.75, 3.05) is 19.6 Å². The van der Waals surface area contributed by atoms with Crippen molar-refractivity contribution >= 4 is 0 Å². The summed E-state index contributed by atoms with van der Waals surface area (Å²) in [6, 6.07) is 17.5. The second kappa shape index (κ2) is 7.71. The zero-order valence-corrected chi connectivity index (χ0v) is 13.5. The van der Waals surface area contributed by atoms with Gasteiger partial charge < -0.3 is 5.73 Å². The van der Waals surface area contributed by atoms with E-state index in [1.807, 2.05) is 12.1 Å². The quantitative estimate of drug-likeness (QED) is 0.910. The molecule has 0 amide bonds. The maximum Gasteiger partial charge on any atom is 0.123 e. The summed E-state index contributed by atoms with van der Waals surface area (Å²) in [5.41, 5.74) is 8.58.